The highest BCUT2D eigenvalue weighted by molar-refractivity contribution is 7.90. The number of nitrogens with zero attached hydrogens (tertiary/aromatic N) is 1. The molecule has 1 heterocycles. The normalized spacial score (nSPS) is 11.2. The third kappa shape index (κ3) is 7.08. The Hall–Kier alpha value is -1.63. The van der Waals surface area contributed by atoms with Crippen molar-refractivity contribution in [1.29, 1.82) is 0 Å². The van der Waals surface area contributed by atoms with Crippen LogP contribution in [0.3, 0.4) is 0 Å². The van der Waals surface area contributed by atoms with Gasteiger partial charge < -0.3 is 10.6 Å². The quantitative estimate of drug-likeness (QED) is 0.708. The van der Waals surface area contributed by atoms with Crippen LogP contribution in [0.15, 0.2) is 12.1 Å². The average molecular weight is 313 g/mol. The van der Waals surface area contributed by atoms with Crippen LogP contribution < -0.4 is 10.6 Å². The monoisotopic (exact) mass is 313 g/mol. The van der Waals surface area contributed by atoms with Crippen LogP contribution in [-0.4, -0.2) is 44.4 Å². The van der Waals surface area contributed by atoms with Gasteiger partial charge in [-0.1, -0.05) is 6.92 Å². The zero-order chi connectivity index (χ0) is 15.9. The minimum absolute atomic E-state index is 0.0754. The molecule has 7 heteroatoms. The molecule has 1 aromatic heterocycles. The maximum atomic E-state index is 12.0. The molecule has 0 aliphatic heterocycles. The number of aryl methyl sites for hydroxylation is 1. The van der Waals surface area contributed by atoms with E-state index in [1.54, 1.807) is 12.1 Å². The van der Waals surface area contributed by atoms with Crippen molar-refractivity contribution < 1.29 is 13.2 Å². The molecule has 1 aromatic rings. The number of amides is 1. The minimum atomic E-state index is -2.98. The first-order valence-electron chi connectivity index (χ1n) is 7.00. The van der Waals surface area contributed by atoms with Gasteiger partial charge in [0.15, 0.2) is 0 Å². The zero-order valence-corrected chi connectivity index (χ0v) is 13.6. The Morgan fingerprint density at radius 3 is 2.62 bits per heavy atom. The second kappa shape index (κ2) is 7.97. The fourth-order valence-electron chi connectivity index (χ4n) is 1.78. The number of carbonyl (C=O) groups excluding carboxylic acids is 1. The first kappa shape index (κ1) is 17.4. The molecule has 118 valence electrons. The van der Waals surface area contributed by atoms with Gasteiger partial charge in [0.05, 0.1) is 5.75 Å². The molecule has 1 amide bonds. The van der Waals surface area contributed by atoms with Crippen molar-refractivity contribution in [2.24, 2.45) is 0 Å². The van der Waals surface area contributed by atoms with Gasteiger partial charge >= 0.3 is 0 Å². The first-order chi connectivity index (χ1) is 9.81. The summed E-state index contributed by atoms with van der Waals surface area (Å²) in [5.74, 6) is 0.540. The Morgan fingerprint density at radius 2 is 2.00 bits per heavy atom. The van der Waals surface area contributed by atoms with Crippen LogP contribution in [0.1, 0.15) is 35.8 Å². The maximum absolute atomic E-state index is 12.0. The van der Waals surface area contributed by atoms with Gasteiger partial charge in [0.2, 0.25) is 0 Å². The van der Waals surface area contributed by atoms with Gasteiger partial charge in [-0.15, -0.1) is 0 Å². The van der Waals surface area contributed by atoms with Crippen LogP contribution in [0, 0.1) is 6.92 Å². The summed E-state index contributed by atoms with van der Waals surface area (Å²) in [6.07, 6.45) is 2.57. The van der Waals surface area contributed by atoms with Crippen LogP contribution in [-0.2, 0) is 9.84 Å². The Bertz CT molecular complexity index is 585. The molecule has 0 fully saturated rings. The molecule has 0 atom stereocenters. The van der Waals surface area contributed by atoms with Gasteiger partial charge in [0, 0.05) is 30.6 Å². The summed E-state index contributed by atoms with van der Waals surface area (Å²) in [5, 5.41) is 5.87. The van der Waals surface area contributed by atoms with Crippen LogP contribution in [0.25, 0.3) is 0 Å². The Morgan fingerprint density at radius 1 is 1.29 bits per heavy atom. The Labute approximate surface area is 126 Å². The van der Waals surface area contributed by atoms with Crippen molar-refractivity contribution in [2.75, 3.05) is 30.4 Å². The van der Waals surface area contributed by atoms with E-state index in [1.165, 1.54) is 6.26 Å². The molecule has 1 rings (SSSR count). The van der Waals surface area contributed by atoms with Crippen molar-refractivity contribution in [1.82, 2.24) is 10.3 Å². The highest BCUT2D eigenvalue weighted by Gasteiger charge is 2.09. The first-order valence-corrected chi connectivity index (χ1v) is 9.06. The predicted molar refractivity (Wildman–Crippen MR) is 84.4 cm³/mol. The summed E-state index contributed by atoms with van der Waals surface area (Å²) in [4.78, 5) is 16.3. The molecule has 2 N–H and O–H groups in total. The molecular weight excluding hydrogens is 290 g/mol. The lowest BCUT2D eigenvalue weighted by Crippen LogP contribution is -2.26. The number of hydrogen-bond donors (Lipinski definition) is 2. The lowest BCUT2D eigenvalue weighted by atomic mass is 10.2. The third-order valence-electron chi connectivity index (χ3n) is 2.75. The standard InChI is InChI=1S/C14H23N3O3S/c1-4-6-15-13-10-12(9-11(2)17-13)14(18)16-7-5-8-21(3,19)20/h9-10H,4-8H2,1-3H3,(H,15,17)(H,16,18). The topological polar surface area (TPSA) is 88.2 Å². The van der Waals surface area contributed by atoms with E-state index in [0.717, 1.165) is 18.7 Å². The smallest absolute Gasteiger partial charge is 0.251 e. The van der Waals surface area contributed by atoms with E-state index >= 15 is 0 Å². The van der Waals surface area contributed by atoms with Crippen LogP contribution in [0.5, 0.6) is 0 Å². The van der Waals surface area contributed by atoms with Gasteiger partial charge in [-0.05, 0) is 31.9 Å². The zero-order valence-electron chi connectivity index (χ0n) is 12.8. The molecule has 0 aliphatic rings. The van der Waals surface area contributed by atoms with Crippen LogP contribution in [0.4, 0.5) is 5.82 Å². The van der Waals surface area contributed by atoms with E-state index in [0.29, 0.717) is 24.3 Å². The molecule has 0 unspecified atom stereocenters. The highest BCUT2D eigenvalue weighted by atomic mass is 32.2. The fourth-order valence-corrected chi connectivity index (χ4v) is 2.45. The molecule has 0 radical (unpaired) electrons. The summed E-state index contributed by atoms with van der Waals surface area (Å²) in [6.45, 7) is 5.02. The maximum Gasteiger partial charge on any atom is 0.251 e. The summed E-state index contributed by atoms with van der Waals surface area (Å²) in [6, 6.07) is 3.41. The van der Waals surface area contributed by atoms with E-state index in [2.05, 4.69) is 22.5 Å². The summed E-state index contributed by atoms with van der Waals surface area (Å²) < 4.78 is 22.0. The Kier molecular flexibility index (Phi) is 6.61. The predicted octanol–water partition coefficient (Wildman–Crippen LogP) is 1.38. The van der Waals surface area contributed by atoms with Gasteiger partial charge in [0.1, 0.15) is 15.7 Å². The molecular formula is C14H23N3O3S. The van der Waals surface area contributed by atoms with Crippen molar-refractivity contribution >= 4 is 21.6 Å². The molecule has 6 nitrogen and oxygen atoms in total. The number of pyridine rings is 1. The third-order valence-corrected chi connectivity index (χ3v) is 3.78. The molecule has 0 bridgehead atoms. The van der Waals surface area contributed by atoms with E-state index < -0.39 is 9.84 Å². The van der Waals surface area contributed by atoms with Crippen molar-refractivity contribution in [3.63, 3.8) is 0 Å². The van der Waals surface area contributed by atoms with E-state index in [4.69, 9.17) is 0 Å². The number of carbonyl (C=O) groups is 1. The molecule has 21 heavy (non-hydrogen) atoms. The second-order valence-electron chi connectivity index (χ2n) is 5.05. The number of anilines is 1. The van der Waals surface area contributed by atoms with Crippen LogP contribution in [0.2, 0.25) is 0 Å². The molecule has 0 saturated heterocycles. The molecule has 0 aliphatic carbocycles. The van der Waals surface area contributed by atoms with Crippen molar-refractivity contribution in [3.8, 4) is 0 Å². The number of hydrogen-bond acceptors (Lipinski definition) is 5. The summed E-state index contributed by atoms with van der Waals surface area (Å²) in [7, 11) is -2.98. The number of aromatic nitrogens is 1. The van der Waals surface area contributed by atoms with Gasteiger partial charge in [0.25, 0.3) is 5.91 Å². The lowest BCUT2D eigenvalue weighted by molar-refractivity contribution is 0.0953. The van der Waals surface area contributed by atoms with E-state index in [9.17, 15) is 13.2 Å². The highest BCUT2D eigenvalue weighted by Crippen LogP contribution is 2.10. The lowest BCUT2D eigenvalue weighted by Gasteiger charge is -2.09. The molecule has 0 spiro atoms. The SMILES string of the molecule is CCCNc1cc(C(=O)NCCCS(C)(=O)=O)cc(C)n1. The fraction of sp³-hybridized carbons (Fsp3) is 0.571. The van der Waals surface area contributed by atoms with Crippen molar-refractivity contribution in [3.05, 3.63) is 23.4 Å². The number of nitrogens with one attached hydrogen (secondary N) is 2. The summed E-state index contributed by atoms with van der Waals surface area (Å²) in [5.41, 5.74) is 1.29. The second-order valence-corrected chi connectivity index (χ2v) is 7.31. The van der Waals surface area contributed by atoms with E-state index in [-0.39, 0.29) is 11.7 Å². The average Bonchev–Trinajstić information content (AvgIpc) is 2.39. The summed E-state index contributed by atoms with van der Waals surface area (Å²) >= 11 is 0. The van der Waals surface area contributed by atoms with Crippen LogP contribution >= 0.6 is 0 Å². The number of rotatable bonds is 8. The van der Waals surface area contributed by atoms with Crippen molar-refractivity contribution in [2.45, 2.75) is 26.7 Å². The molecule has 0 aromatic carbocycles. The molecule has 0 saturated carbocycles. The van der Waals surface area contributed by atoms with Gasteiger partial charge in [-0.25, -0.2) is 13.4 Å². The Balaban J connectivity index is 2.59. The van der Waals surface area contributed by atoms with Gasteiger partial charge in [-0.3, -0.25) is 4.79 Å². The van der Waals surface area contributed by atoms with E-state index in [1.807, 2.05) is 6.92 Å². The number of sulfone groups is 1. The largest absolute Gasteiger partial charge is 0.370 e. The van der Waals surface area contributed by atoms with Gasteiger partial charge in [-0.2, -0.15) is 0 Å². The minimum Gasteiger partial charge on any atom is -0.370 e.